The molecule has 1 N–H and O–H groups in total. The van der Waals surface area contributed by atoms with Crippen molar-refractivity contribution in [1.82, 2.24) is 0 Å². The molecule has 0 unspecified atom stereocenters. The van der Waals surface area contributed by atoms with Gasteiger partial charge in [-0.1, -0.05) is 24.3 Å². The van der Waals surface area contributed by atoms with Crippen molar-refractivity contribution in [2.45, 2.75) is 12.8 Å². The lowest BCUT2D eigenvalue weighted by molar-refractivity contribution is -0.384. The number of carbonyl (C=O) groups excluding carboxylic acids is 1. The zero-order chi connectivity index (χ0) is 16.4. The number of nitrogens with zero attached hydrogens (tertiary/aromatic N) is 1. The minimum absolute atomic E-state index is 0.0118. The Kier molecular flexibility index (Phi) is 4.25. The smallest absolute Gasteiger partial charge is 0.270 e. The fourth-order valence-corrected chi connectivity index (χ4v) is 3.03. The maximum atomic E-state index is 12.5. The van der Waals surface area contributed by atoms with Crippen molar-refractivity contribution in [3.8, 4) is 0 Å². The van der Waals surface area contributed by atoms with Crippen LogP contribution in [0.2, 0.25) is 0 Å². The maximum Gasteiger partial charge on any atom is 0.270 e. The molecule has 2 aromatic carbocycles. The Bertz CT molecular complexity index is 830. The summed E-state index contributed by atoms with van der Waals surface area (Å²) in [7, 11) is 0. The number of nitrogens with one attached hydrogen (secondary N) is 1. The molecule has 2 aromatic rings. The van der Waals surface area contributed by atoms with E-state index in [9.17, 15) is 14.9 Å². The van der Waals surface area contributed by atoms with E-state index < -0.39 is 4.92 Å². The minimum Gasteiger partial charge on any atom is -0.360 e. The van der Waals surface area contributed by atoms with Gasteiger partial charge in [0.1, 0.15) is 0 Å². The van der Waals surface area contributed by atoms with Crippen LogP contribution in [0, 0.1) is 10.1 Å². The molecule has 0 fully saturated rings. The number of aryl methyl sites for hydroxylation is 1. The van der Waals surface area contributed by atoms with Crippen LogP contribution in [0.5, 0.6) is 0 Å². The van der Waals surface area contributed by atoms with Crippen LogP contribution in [-0.2, 0) is 6.42 Å². The highest BCUT2D eigenvalue weighted by Crippen LogP contribution is 2.29. The van der Waals surface area contributed by atoms with Crippen molar-refractivity contribution in [2.75, 3.05) is 5.32 Å². The van der Waals surface area contributed by atoms with Crippen LogP contribution in [-0.4, -0.2) is 10.7 Å². The van der Waals surface area contributed by atoms with Gasteiger partial charge in [-0.05, 0) is 40.4 Å². The normalized spacial score (nSPS) is 15.3. The van der Waals surface area contributed by atoms with Gasteiger partial charge in [0.05, 0.1) is 10.6 Å². The van der Waals surface area contributed by atoms with Crippen LogP contribution >= 0.6 is 15.9 Å². The van der Waals surface area contributed by atoms with Gasteiger partial charge in [0.25, 0.3) is 5.69 Å². The summed E-state index contributed by atoms with van der Waals surface area (Å²) < 4.78 is 0.576. The third-order valence-corrected chi connectivity index (χ3v) is 4.44. The number of rotatable bonds is 3. The third-order valence-electron chi connectivity index (χ3n) is 3.78. The molecule has 1 aliphatic rings. The lowest BCUT2D eigenvalue weighted by Crippen LogP contribution is -2.15. The number of benzene rings is 2. The van der Waals surface area contributed by atoms with E-state index in [4.69, 9.17) is 0 Å². The molecule has 0 aliphatic heterocycles. The molecule has 23 heavy (non-hydrogen) atoms. The average molecular weight is 373 g/mol. The Hall–Kier alpha value is -2.47. The van der Waals surface area contributed by atoms with Gasteiger partial charge in [0.15, 0.2) is 5.78 Å². The Morgan fingerprint density at radius 1 is 1.17 bits per heavy atom. The second-order valence-electron chi connectivity index (χ2n) is 5.22. The van der Waals surface area contributed by atoms with E-state index in [-0.39, 0.29) is 11.5 Å². The van der Waals surface area contributed by atoms with Crippen molar-refractivity contribution < 1.29 is 9.72 Å². The molecule has 5 nitrogen and oxygen atoms in total. The minimum atomic E-state index is -0.450. The largest absolute Gasteiger partial charge is 0.360 e. The van der Waals surface area contributed by atoms with Crippen LogP contribution in [0.25, 0.3) is 0 Å². The van der Waals surface area contributed by atoms with E-state index >= 15 is 0 Å². The fourth-order valence-electron chi connectivity index (χ4n) is 2.55. The number of ketones is 1. The summed E-state index contributed by atoms with van der Waals surface area (Å²) in [6.45, 7) is 0. The van der Waals surface area contributed by atoms with E-state index in [2.05, 4.69) is 21.2 Å². The number of halogens is 1. The standard InChI is InChI=1S/C17H13BrN2O3/c18-15-9-13(20(22)23)7-8-16(15)19-10-12-6-5-11-3-1-2-4-14(11)17(12)21/h1-4,7-10,19H,5-6H2. The summed E-state index contributed by atoms with van der Waals surface area (Å²) in [6.07, 6.45) is 3.19. The van der Waals surface area contributed by atoms with Crippen molar-refractivity contribution in [3.05, 3.63) is 80.0 Å². The molecular weight excluding hydrogens is 360 g/mol. The highest BCUT2D eigenvalue weighted by Gasteiger charge is 2.21. The van der Waals surface area contributed by atoms with Crippen molar-refractivity contribution in [3.63, 3.8) is 0 Å². The predicted molar refractivity (Wildman–Crippen MR) is 91.6 cm³/mol. The number of nitro benzene ring substituents is 1. The Morgan fingerprint density at radius 3 is 2.70 bits per heavy atom. The Balaban J connectivity index is 1.82. The number of hydrogen-bond donors (Lipinski definition) is 1. The lowest BCUT2D eigenvalue weighted by atomic mass is 9.87. The van der Waals surface area contributed by atoms with E-state index in [1.54, 1.807) is 12.3 Å². The quantitative estimate of drug-likeness (QED) is 0.489. The molecule has 0 radical (unpaired) electrons. The molecular formula is C17H13BrN2O3. The van der Waals surface area contributed by atoms with Gasteiger partial charge >= 0.3 is 0 Å². The van der Waals surface area contributed by atoms with Crippen molar-refractivity contribution in [2.24, 2.45) is 0 Å². The fraction of sp³-hybridized carbons (Fsp3) is 0.118. The summed E-state index contributed by atoms with van der Waals surface area (Å²) in [5.41, 5.74) is 3.21. The second kappa shape index (κ2) is 6.34. The zero-order valence-corrected chi connectivity index (χ0v) is 13.7. The van der Waals surface area contributed by atoms with Crippen LogP contribution < -0.4 is 5.32 Å². The van der Waals surface area contributed by atoms with Crippen LogP contribution in [0.3, 0.4) is 0 Å². The third kappa shape index (κ3) is 3.17. The van der Waals surface area contributed by atoms with E-state index in [1.807, 2.05) is 24.3 Å². The number of non-ortho nitro benzene ring substituents is 1. The molecule has 0 atom stereocenters. The van der Waals surface area contributed by atoms with E-state index in [1.165, 1.54) is 12.1 Å². The Morgan fingerprint density at radius 2 is 1.96 bits per heavy atom. The highest BCUT2D eigenvalue weighted by atomic mass is 79.9. The number of carbonyl (C=O) groups is 1. The Labute approximate surface area is 141 Å². The lowest BCUT2D eigenvalue weighted by Gasteiger charge is -2.17. The molecule has 0 aromatic heterocycles. The molecule has 0 bridgehead atoms. The average Bonchev–Trinajstić information content (AvgIpc) is 2.55. The van der Waals surface area contributed by atoms with Crippen molar-refractivity contribution >= 4 is 33.1 Å². The number of anilines is 1. The van der Waals surface area contributed by atoms with Gasteiger partial charge in [-0.25, -0.2) is 0 Å². The first kappa shape index (κ1) is 15.4. The highest BCUT2D eigenvalue weighted by molar-refractivity contribution is 9.10. The molecule has 0 saturated heterocycles. The van der Waals surface area contributed by atoms with Crippen molar-refractivity contribution in [1.29, 1.82) is 0 Å². The SMILES string of the molecule is O=C1C(=CNc2ccc([N+](=O)[O-])cc2Br)CCc2ccccc21. The maximum absolute atomic E-state index is 12.5. The molecule has 6 heteroatoms. The monoisotopic (exact) mass is 372 g/mol. The molecule has 0 amide bonds. The molecule has 0 spiro atoms. The zero-order valence-electron chi connectivity index (χ0n) is 12.1. The molecule has 0 saturated carbocycles. The summed E-state index contributed by atoms with van der Waals surface area (Å²) in [5.74, 6) is 0.0254. The molecule has 0 heterocycles. The first-order chi connectivity index (χ1) is 11.1. The van der Waals surface area contributed by atoms with Crippen LogP contribution in [0.1, 0.15) is 22.3 Å². The second-order valence-corrected chi connectivity index (χ2v) is 6.08. The first-order valence-electron chi connectivity index (χ1n) is 7.08. The first-order valence-corrected chi connectivity index (χ1v) is 7.87. The number of hydrogen-bond acceptors (Lipinski definition) is 4. The van der Waals surface area contributed by atoms with Gasteiger partial charge in [-0.2, -0.15) is 0 Å². The topological polar surface area (TPSA) is 72.2 Å². The van der Waals surface area contributed by atoms with E-state index in [0.29, 0.717) is 22.2 Å². The van der Waals surface area contributed by atoms with Gasteiger partial charge in [0, 0.05) is 33.9 Å². The summed E-state index contributed by atoms with van der Waals surface area (Å²) in [4.78, 5) is 22.7. The number of allylic oxidation sites excluding steroid dienone is 1. The molecule has 116 valence electrons. The number of Topliss-reactive ketones (excluding diaryl/α,β-unsaturated/α-hetero) is 1. The van der Waals surface area contributed by atoms with Gasteiger partial charge in [-0.3, -0.25) is 14.9 Å². The summed E-state index contributed by atoms with van der Waals surface area (Å²) in [6, 6.07) is 12.1. The predicted octanol–water partition coefficient (Wildman–Crippen LogP) is 4.48. The van der Waals surface area contributed by atoms with Gasteiger partial charge in [-0.15, -0.1) is 0 Å². The number of nitro groups is 1. The molecule has 3 rings (SSSR count). The number of fused-ring (bicyclic) bond motifs is 1. The van der Waals surface area contributed by atoms with Crippen LogP contribution in [0.15, 0.2) is 58.7 Å². The van der Waals surface area contributed by atoms with Gasteiger partial charge in [0.2, 0.25) is 0 Å². The van der Waals surface area contributed by atoms with Gasteiger partial charge < -0.3 is 5.32 Å². The summed E-state index contributed by atoms with van der Waals surface area (Å²) >= 11 is 3.30. The molecule has 1 aliphatic carbocycles. The van der Waals surface area contributed by atoms with E-state index in [0.717, 1.165) is 17.5 Å². The van der Waals surface area contributed by atoms with Crippen LogP contribution in [0.4, 0.5) is 11.4 Å². The summed E-state index contributed by atoms with van der Waals surface area (Å²) in [5, 5.41) is 13.8.